The van der Waals surface area contributed by atoms with E-state index < -0.39 is 5.97 Å². The average Bonchev–Trinajstić information content (AvgIpc) is 2.11. The van der Waals surface area contributed by atoms with Crippen LogP contribution in [0, 0.1) is 5.92 Å². The van der Waals surface area contributed by atoms with Crippen molar-refractivity contribution in [1.29, 1.82) is 0 Å². The highest BCUT2D eigenvalue weighted by molar-refractivity contribution is 5.82. The molecule has 1 atom stereocenters. The lowest BCUT2D eigenvalue weighted by molar-refractivity contribution is -0.140. The Labute approximate surface area is 71.6 Å². The number of amides is 1. The van der Waals surface area contributed by atoms with Crippen LogP contribution in [0.3, 0.4) is 0 Å². The molecule has 0 spiro atoms. The average molecular weight is 171 g/mol. The van der Waals surface area contributed by atoms with E-state index in [1.165, 1.54) is 7.05 Å². The maximum absolute atomic E-state index is 10.9. The van der Waals surface area contributed by atoms with Crippen molar-refractivity contribution in [2.75, 3.05) is 13.7 Å². The summed E-state index contributed by atoms with van der Waals surface area (Å²) in [5.41, 5.74) is 0. The number of nitrogens with one attached hydrogen (secondary N) is 1. The summed E-state index contributed by atoms with van der Waals surface area (Å²) in [6, 6.07) is 0. The smallest absolute Gasteiger partial charge is 0.330 e. The maximum atomic E-state index is 10.9. The first-order valence-corrected chi connectivity index (χ1v) is 3.62. The minimum atomic E-state index is -0.509. The van der Waals surface area contributed by atoms with E-state index in [0.29, 0.717) is 0 Å². The van der Waals surface area contributed by atoms with Crippen LogP contribution in [0.4, 0.5) is 0 Å². The third kappa shape index (κ3) is 3.75. The van der Waals surface area contributed by atoms with Gasteiger partial charge in [-0.3, -0.25) is 4.79 Å². The second kappa shape index (κ2) is 5.35. The number of carbonyl (C=O) groups excluding carboxylic acids is 2. The Balaban J connectivity index is 3.70. The lowest BCUT2D eigenvalue weighted by atomic mass is 10.2. The van der Waals surface area contributed by atoms with Crippen LogP contribution in [-0.4, -0.2) is 25.5 Å². The van der Waals surface area contributed by atoms with Gasteiger partial charge in [-0.25, -0.2) is 4.79 Å². The molecule has 0 heterocycles. The molecule has 4 nitrogen and oxygen atoms in total. The van der Waals surface area contributed by atoms with Crippen LogP contribution in [0.5, 0.6) is 0 Å². The number of ether oxygens (including phenoxy) is 1. The summed E-state index contributed by atoms with van der Waals surface area (Å²) in [6.45, 7) is 4.99. The van der Waals surface area contributed by atoms with E-state index in [9.17, 15) is 9.59 Å². The monoisotopic (exact) mass is 171 g/mol. The van der Waals surface area contributed by atoms with E-state index in [4.69, 9.17) is 0 Å². The van der Waals surface area contributed by atoms with Crippen LogP contribution in [0.15, 0.2) is 12.7 Å². The van der Waals surface area contributed by atoms with E-state index in [2.05, 4.69) is 16.6 Å². The number of esters is 1. The lowest BCUT2D eigenvalue weighted by Crippen LogP contribution is -2.29. The van der Waals surface area contributed by atoms with Crippen LogP contribution in [0.1, 0.15) is 6.92 Å². The van der Waals surface area contributed by atoms with Crippen LogP contribution in [0.25, 0.3) is 0 Å². The molecule has 0 saturated carbocycles. The first kappa shape index (κ1) is 10.7. The second-order valence-electron chi connectivity index (χ2n) is 2.35. The van der Waals surface area contributed by atoms with Gasteiger partial charge in [-0.05, 0) is 0 Å². The molecule has 0 radical (unpaired) electrons. The molecule has 4 heteroatoms. The molecule has 0 saturated heterocycles. The van der Waals surface area contributed by atoms with Crippen LogP contribution >= 0.6 is 0 Å². The second-order valence-corrected chi connectivity index (χ2v) is 2.35. The maximum Gasteiger partial charge on any atom is 0.330 e. The quantitative estimate of drug-likeness (QED) is 0.482. The van der Waals surface area contributed by atoms with Crippen LogP contribution < -0.4 is 5.32 Å². The number of carbonyl (C=O) groups is 2. The minimum Gasteiger partial charge on any atom is -0.462 e. The van der Waals surface area contributed by atoms with Gasteiger partial charge < -0.3 is 10.1 Å². The molecule has 0 bridgehead atoms. The van der Waals surface area contributed by atoms with Gasteiger partial charge in [0.05, 0.1) is 5.92 Å². The summed E-state index contributed by atoms with van der Waals surface area (Å²) in [7, 11) is 1.54. The molecule has 0 fully saturated rings. The predicted molar refractivity (Wildman–Crippen MR) is 44.4 cm³/mol. The van der Waals surface area contributed by atoms with Crippen molar-refractivity contribution in [1.82, 2.24) is 5.32 Å². The molecule has 0 aliphatic carbocycles. The van der Waals surface area contributed by atoms with Crippen molar-refractivity contribution >= 4 is 11.9 Å². The van der Waals surface area contributed by atoms with E-state index >= 15 is 0 Å². The highest BCUT2D eigenvalue weighted by Gasteiger charge is 2.11. The van der Waals surface area contributed by atoms with Crippen molar-refractivity contribution < 1.29 is 14.3 Å². The third-order valence-electron chi connectivity index (χ3n) is 1.34. The van der Waals surface area contributed by atoms with Gasteiger partial charge in [-0.1, -0.05) is 13.5 Å². The fourth-order valence-electron chi connectivity index (χ4n) is 0.588. The molecular weight excluding hydrogens is 158 g/mol. The minimum absolute atomic E-state index is 0.0878. The number of rotatable bonds is 4. The van der Waals surface area contributed by atoms with Gasteiger partial charge in [0, 0.05) is 13.1 Å². The normalized spacial score (nSPS) is 11.5. The molecule has 0 aromatic heterocycles. The Hall–Kier alpha value is -1.32. The highest BCUT2D eigenvalue weighted by atomic mass is 16.5. The third-order valence-corrected chi connectivity index (χ3v) is 1.34. The van der Waals surface area contributed by atoms with Gasteiger partial charge in [-0.2, -0.15) is 0 Å². The molecule has 1 amide bonds. The Morgan fingerprint density at radius 1 is 1.67 bits per heavy atom. The topological polar surface area (TPSA) is 55.4 Å². The standard InChI is InChI=1S/C8H13NO3/c1-4-7(10)12-5-6(2)8(11)9-3/h4,6H,1,5H2,2-3H3,(H,9,11). The van der Waals surface area contributed by atoms with Gasteiger partial charge in [-0.15, -0.1) is 0 Å². The Morgan fingerprint density at radius 2 is 2.25 bits per heavy atom. The van der Waals surface area contributed by atoms with Crippen molar-refractivity contribution in [2.45, 2.75) is 6.92 Å². The summed E-state index contributed by atoms with van der Waals surface area (Å²) in [5.74, 6) is -0.975. The van der Waals surface area contributed by atoms with Gasteiger partial charge in [0.25, 0.3) is 0 Å². The fourth-order valence-corrected chi connectivity index (χ4v) is 0.588. The Morgan fingerprint density at radius 3 is 2.67 bits per heavy atom. The fraction of sp³-hybridized carbons (Fsp3) is 0.500. The highest BCUT2D eigenvalue weighted by Crippen LogP contribution is 1.95. The van der Waals surface area contributed by atoms with E-state index in [1.807, 2.05) is 0 Å². The summed E-state index contributed by atoms with van der Waals surface area (Å²) < 4.78 is 4.66. The molecule has 12 heavy (non-hydrogen) atoms. The zero-order chi connectivity index (χ0) is 9.56. The first-order chi connectivity index (χ1) is 5.61. The van der Waals surface area contributed by atoms with Crippen molar-refractivity contribution in [3.05, 3.63) is 12.7 Å². The van der Waals surface area contributed by atoms with Crippen molar-refractivity contribution in [3.8, 4) is 0 Å². The summed E-state index contributed by atoms with van der Waals surface area (Å²) in [4.78, 5) is 21.4. The van der Waals surface area contributed by atoms with Crippen LogP contribution in [-0.2, 0) is 14.3 Å². The molecule has 0 aromatic carbocycles. The van der Waals surface area contributed by atoms with Crippen molar-refractivity contribution in [3.63, 3.8) is 0 Å². The molecule has 0 rings (SSSR count). The first-order valence-electron chi connectivity index (χ1n) is 3.62. The molecule has 0 aliphatic rings. The Kier molecular flexibility index (Phi) is 4.76. The SMILES string of the molecule is C=CC(=O)OCC(C)C(=O)NC. The lowest BCUT2D eigenvalue weighted by Gasteiger charge is -2.08. The van der Waals surface area contributed by atoms with Gasteiger partial charge >= 0.3 is 5.97 Å². The molecule has 68 valence electrons. The molecule has 1 N–H and O–H groups in total. The molecule has 0 aliphatic heterocycles. The van der Waals surface area contributed by atoms with E-state index in [1.54, 1.807) is 6.92 Å². The van der Waals surface area contributed by atoms with Gasteiger partial charge in [0.15, 0.2) is 0 Å². The van der Waals surface area contributed by atoms with E-state index in [0.717, 1.165) is 6.08 Å². The predicted octanol–water partition coefficient (Wildman–Crippen LogP) is 0.0977. The zero-order valence-corrected chi connectivity index (χ0v) is 7.29. The zero-order valence-electron chi connectivity index (χ0n) is 7.29. The summed E-state index contributed by atoms with van der Waals surface area (Å²) in [6.07, 6.45) is 1.07. The molecule has 0 aromatic rings. The van der Waals surface area contributed by atoms with Crippen LogP contribution in [0.2, 0.25) is 0 Å². The molecular formula is C8H13NO3. The number of hydrogen-bond acceptors (Lipinski definition) is 3. The molecule has 1 unspecified atom stereocenters. The van der Waals surface area contributed by atoms with Crippen molar-refractivity contribution in [2.24, 2.45) is 5.92 Å². The Bertz CT molecular complexity index is 189. The summed E-state index contributed by atoms with van der Waals surface area (Å²) >= 11 is 0. The van der Waals surface area contributed by atoms with Gasteiger partial charge in [0.1, 0.15) is 6.61 Å². The number of hydrogen-bond donors (Lipinski definition) is 1. The largest absolute Gasteiger partial charge is 0.462 e. The van der Waals surface area contributed by atoms with Gasteiger partial charge in [0.2, 0.25) is 5.91 Å². The van der Waals surface area contributed by atoms with E-state index in [-0.39, 0.29) is 18.4 Å². The summed E-state index contributed by atoms with van der Waals surface area (Å²) in [5, 5.41) is 2.45.